The molecular formula is C17H20O6S2. The molecule has 0 bridgehead atoms. The molecule has 0 aliphatic heterocycles. The molecule has 0 aromatic carbocycles. The van der Waals surface area contributed by atoms with Gasteiger partial charge in [-0.05, 0) is 36.4 Å². The molecule has 2 heterocycles. The predicted octanol–water partition coefficient (Wildman–Crippen LogP) is 3.08. The van der Waals surface area contributed by atoms with Crippen LogP contribution in [0.1, 0.15) is 19.4 Å². The van der Waals surface area contributed by atoms with E-state index >= 15 is 0 Å². The number of hydrogen-bond donors (Lipinski definition) is 2. The topological polar surface area (TPSA) is 85.2 Å². The lowest BCUT2D eigenvalue weighted by Crippen LogP contribution is -2.11. The fourth-order valence-corrected chi connectivity index (χ4v) is 3.34. The Morgan fingerprint density at radius 2 is 1.56 bits per heavy atom. The molecule has 0 fully saturated rings. The first-order valence-corrected chi connectivity index (χ1v) is 9.32. The summed E-state index contributed by atoms with van der Waals surface area (Å²) >= 11 is 2.75. The van der Waals surface area contributed by atoms with Crippen molar-refractivity contribution >= 4 is 40.8 Å². The second-order valence-electron chi connectivity index (χ2n) is 4.79. The van der Waals surface area contributed by atoms with Gasteiger partial charge in [0, 0.05) is 9.75 Å². The average Bonchev–Trinajstić information content (AvgIpc) is 3.24. The lowest BCUT2D eigenvalue weighted by Gasteiger charge is -2.05. The highest BCUT2D eigenvalue weighted by molar-refractivity contribution is 7.15. The smallest absolute Gasteiger partial charge is 0.345 e. The molecule has 0 saturated heterocycles. The maximum Gasteiger partial charge on any atom is 0.345 e. The molecule has 136 valence electrons. The highest BCUT2D eigenvalue weighted by Crippen LogP contribution is 2.27. The van der Waals surface area contributed by atoms with E-state index < -0.39 is 5.97 Å². The number of rotatable bonds is 12. The minimum atomic E-state index is -0.904. The van der Waals surface area contributed by atoms with Crippen LogP contribution in [0.5, 0.6) is 5.06 Å². The van der Waals surface area contributed by atoms with Crippen molar-refractivity contribution < 1.29 is 29.2 Å². The van der Waals surface area contributed by atoms with Gasteiger partial charge in [0.2, 0.25) is 0 Å². The van der Waals surface area contributed by atoms with Crippen molar-refractivity contribution in [3.63, 3.8) is 0 Å². The zero-order valence-electron chi connectivity index (χ0n) is 13.6. The molecule has 6 nitrogen and oxygen atoms in total. The fraction of sp³-hybridized carbons (Fsp3) is 0.353. The van der Waals surface area contributed by atoms with E-state index in [0.717, 1.165) is 14.8 Å². The van der Waals surface area contributed by atoms with Gasteiger partial charge in [-0.25, -0.2) is 4.79 Å². The van der Waals surface area contributed by atoms with E-state index in [-0.39, 0.29) is 6.61 Å². The summed E-state index contributed by atoms with van der Waals surface area (Å²) in [6.45, 7) is 2.21. The van der Waals surface area contributed by atoms with E-state index in [1.165, 1.54) is 22.7 Å². The highest BCUT2D eigenvalue weighted by Gasteiger charge is 2.05. The number of carboxylic acid groups (broad SMARTS) is 1. The molecule has 0 spiro atoms. The van der Waals surface area contributed by atoms with E-state index in [1.807, 2.05) is 24.3 Å². The summed E-state index contributed by atoms with van der Waals surface area (Å²) in [4.78, 5) is 13.1. The molecule has 0 atom stereocenters. The molecule has 0 saturated carbocycles. The zero-order chi connectivity index (χ0) is 17.9. The van der Waals surface area contributed by atoms with Crippen molar-refractivity contribution in [1.29, 1.82) is 0 Å². The average molecular weight is 384 g/mol. The molecule has 2 aromatic rings. The Hall–Kier alpha value is -1.71. The molecule has 0 aliphatic rings. The van der Waals surface area contributed by atoms with Crippen molar-refractivity contribution in [2.75, 3.05) is 39.6 Å². The van der Waals surface area contributed by atoms with Crippen LogP contribution in [0.2, 0.25) is 0 Å². The van der Waals surface area contributed by atoms with Crippen LogP contribution in [-0.4, -0.2) is 55.8 Å². The summed E-state index contributed by atoms with van der Waals surface area (Å²) in [5.41, 5.74) is 0. The van der Waals surface area contributed by atoms with Gasteiger partial charge in [-0.15, -0.1) is 11.3 Å². The molecular weight excluding hydrogens is 364 g/mol. The van der Waals surface area contributed by atoms with Gasteiger partial charge in [0.1, 0.15) is 11.5 Å². The largest absolute Gasteiger partial charge is 0.482 e. The van der Waals surface area contributed by atoms with Crippen molar-refractivity contribution in [1.82, 2.24) is 0 Å². The monoisotopic (exact) mass is 384 g/mol. The lowest BCUT2D eigenvalue weighted by atomic mass is 10.3. The first kappa shape index (κ1) is 19.6. The fourth-order valence-electron chi connectivity index (χ4n) is 1.81. The van der Waals surface area contributed by atoms with Gasteiger partial charge in [-0.1, -0.05) is 11.3 Å². The lowest BCUT2D eigenvalue weighted by molar-refractivity contribution is 0.0250. The molecule has 2 aromatic heterocycles. The summed E-state index contributed by atoms with van der Waals surface area (Å²) in [6.07, 6.45) is 3.83. The number of hydrogen-bond acceptors (Lipinski definition) is 7. The predicted molar refractivity (Wildman–Crippen MR) is 98.7 cm³/mol. The second kappa shape index (κ2) is 11.0. The van der Waals surface area contributed by atoms with Gasteiger partial charge in [0.15, 0.2) is 5.06 Å². The number of aliphatic hydroxyl groups excluding tert-OH is 1. The Balaban J connectivity index is 1.67. The van der Waals surface area contributed by atoms with Gasteiger partial charge in [0.25, 0.3) is 0 Å². The minimum Gasteiger partial charge on any atom is -0.482 e. The summed E-state index contributed by atoms with van der Waals surface area (Å²) in [6, 6.07) is 7.24. The first-order chi connectivity index (χ1) is 12.2. The number of thiophene rings is 2. The van der Waals surface area contributed by atoms with Gasteiger partial charge >= 0.3 is 5.97 Å². The molecule has 25 heavy (non-hydrogen) atoms. The first-order valence-electron chi connectivity index (χ1n) is 7.69. The molecule has 0 unspecified atom stereocenters. The van der Waals surface area contributed by atoms with Crippen molar-refractivity contribution in [3.8, 4) is 5.06 Å². The van der Waals surface area contributed by atoms with Crippen LogP contribution in [0.25, 0.3) is 12.2 Å². The second-order valence-corrected chi connectivity index (χ2v) is 6.99. The van der Waals surface area contributed by atoms with E-state index in [0.29, 0.717) is 37.9 Å². The highest BCUT2D eigenvalue weighted by atomic mass is 32.1. The van der Waals surface area contributed by atoms with E-state index in [2.05, 4.69) is 0 Å². The number of carboxylic acids is 1. The molecule has 0 amide bonds. The van der Waals surface area contributed by atoms with Crippen molar-refractivity contribution in [2.24, 2.45) is 0 Å². The third-order valence-corrected chi connectivity index (χ3v) is 4.93. The molecule has 2 rings (SSSR count). The molecule has 0 radical (unpaired) electrons. The van der Waals surface area contributed by atoms with E-state index in [9.17, 15) is 4.79 Å². The van der Waals surface area contributed by atoms with Crippen LogP contribution in [0.4, 0.5) is 0 Å². The van der Waals surface area contributed by atoms with Crippen LogP contribution in [0.3, 0.4) is 0 Å². The van der Waals surface area contributed by atoms with Crippen molar-refractivity contribution in [2.45, 2.75) is 0 Å². The number of ether oxygens (including phenoxy) is 3. The summed E-state index contributed by atoms with van der Waals surface area (Å²) in [7, 11) is 0. The van der Waals surface area contributed by atoms with E-state index in [1.54, 1.807) is 12.1 Å². The van der Waals surface area contributed by atoms with Crippen LogP contribution >= 0.6 is 22.7 Å². The van der Waals surface area contributed by atoms with Gasteiger partial charge in [0.05, 0.1) is 33.0 Å². The van der Waals surface area contributed by atoms with Crippen molar-refractivity contribution in [3.05, 3.63) is 38.9 Å². The summed E-state index contributed by atoms with van der Waals surface area (Å²) < 4.78 is 16.0. The van der Waals surface area contributed by atoms with Gasteiger partial charge < -0.3 is 24.4 Å². The Morgan fingerprint density at radius 1 is 0.920 bits per heavy atom. The Bertz CT molecular complexity index is 676. The minimum absolute atomic E-state index is 0.0193. The maximum absolute atomic E-state index is 10.8. The summed E-state index contributed by atoms with van der Waals surface area (Å²) in [5, 5.41) is 18.3. The quantitative estimate of drug-likeness (QED) is 0.547. The molecule has 2 N–H and O–H groups in total. The van der Waals surface area contributed by atoms with Crippen LogP contribution in [0, 0.1) is 0 Å². The molecule has 8 heteroatoms. The molecule has 0 aliphatic carbocycles. The number of aromatic carboxylic acids is 1. The third kappa shape index (κ3) is 7.37. The van der Waals surface area contributed by atoms with Crippen LogP contribution < -0.4 is 4.74 Å². The standard InChI is InChI=1S/C17H20O6S2/c18-7-8-21-9-10-22-11-12-23-16-6-4-14(25-16)2-1-13-3-5-15(24-13)17(19)20/h1-6,18H,7-12H2,(H,19,20)/b2-1+. The normalized spacial score (nSPS) is 11.2. The Morgan fingerprint density at radius 3 is 2.24 bits per heavy atom. The Kier molecular flexibility index (Phi) is 8.64. The van der Waals surface area contributed by atoms with E-state index in [4.69, 9.17) is 24.4 Å². The van der Waals surface area contributed by atoms with Crippen LogP contribution in [-0.2, 0) is 9.47 Å². The number of carbonyl (C=O) groups is 1. The van der Waals surface area contributed by atoms with Gasteiger partial charge in [-0.2, -0.15) is 0 Å². The number of aliphatic hydroxyl groups is 1. The summed E-state index contributed by atoms with van der Waals surface area (Å²) in [5.74, 6) is -0.904. The Labute approximate surface area is 153 Å². The SMILES string of the molecule is O=C(O)c1ccc(/C=C/c2ccc(OCCOCCOCCO)s2)s1. The van der Waals surface area contributed by atoms with Crippen LogP contribution in [0.15, 0.2) is 24.3 Å². The third-order valence-electron chi connectivity index (χ3n) is 2.93. The zero-order valence-corrected chi connectivity index (χ0v) is 15.2. The van der Waals surface area contributed by atoms with Gasteiger partial charge in [-0.3, -0.25) is 0 Å². The maximum atomic E-state index is 10.8.